The van der Waals surface area contributed by atoms with Crippen LogP contribution in [-0.4, -0.2) is 79.9 Å². The molecule has 4 aromatic rings. The number of fused-ring (bicyclic) bond motifs is 2. The molecule has 2 aromatic carbocycles. The van der Waals surface area contributed by atoms with Gasteiger partial charge in [0.2, 0.25) is 23.6 Å². The van der Waals surface area contributed by atoms with Crippen molar-refractivity contribution in [3.05, 3.63) is 72.1 Å². The number of nitrogens with two attached hydrogens (primary N) is 2. The number of aliphatic carboxylic acids is 2. The summed E-state index contributed by atoms with van der Waals surface area (Å²) in [5.41, 5.74) is 14.2. The van der Waals surface area contributed by atoms with Gasteiger partial charge in [-0.3, -0.25) is 24.0 Å². The Balaban J connectivity index is 1.53. The van der Waals surface area contributed by atoms with E-state index in [4.69, 9.17) is 11.5 Å². The zero-order valence-corrected chi connectivity index (χ0v) is 24.6. The van der Waals surface area contributed by atoms with Crippen molar-refractivity contribution >= 4 is 57.4 Å². The Morgan fingerprint density at radius 1 is 0.696 bits per heavy atom. The summed E-state index contributed by atoms with van der Waals surface area (Å²) in [5.74, 6) is -6.29. The number of nitrogens with one attached hydrogen (secondary N) is 5. The molecule has 2 heterocycles. The van der Waals surface area contributed by atoms with Crippen LogP contribution in [0, 0.1) is 0 Å². The van der Waals surface area contributed by atoms with E-state index in [-0.39, 0.29) is 25.7 Å². The summed E-state index contributed by atoms with van der Waals surface area (Å²) in [6.45, 7) is 0. The molecule has 0 spiro atoms. The molecule has 15 heteroatoms. The molecule has 4 amide bonds. The number of rotatable bonds is 16. The van der Waals surface area contributed by atoms with Gasteiger partial charge in [-0.05, 0) is 36.1 Å². The number of benzene rings is 2. The first kappa shape index (κ1) is 33.2. The van der Waals surface area contributed by atoms with Crippen LogP contribution < -0.4 is 27.4 Å². The standard InChI is InChI=1S/C31H35N7O8/c32-20(11-16-14-34-21-7-3-1-5-18(16)21)28(42)37-25(13-27(40)41)30(44)38-24(12-17-15-35-22-8-4-2-6-19(17)22)29(43)36-23(31(45)46)9-10-26(33)39/h1-8,14-15,20,23-25,34-35H,9-13,32H2,(H2,33,39)(H,36,43)(H,37,42)(H,38,44)(H,40,41)(H,45,46). The molecule has 0 aliphatic rings. The van der Waals surface area contributed by atoms with Crippen LogP contribution in [0.1, 0.15) is 30.4 Å². The lowest BCUT2D eigenvalue weighted by atomic mass is 10.0. The summed E-state index contributed by atoms with van der Waals surface area (Å²) in [7, 11) is 0. The molecule has 0 saturated heterocycles. The number of para-hydroxylation sites is 2. The highest BCUT2D eigenvalue weighted by molar-refractivity contribution is 5.96. The van der Waals surface area contributed by atoms with Crippen molar-refractivity contribution in [2.45, 2.75) is 56.3 Å². The number of hydrogen-bond acceptors (Lipinski definition) is 7. The Bertz CT molecular complexity index is 1760. The molecule has 0 radical (unpaired) electrons. The van der Waals surface area contributed by atoms with Crippen LogP contribution in [0.4, 0.5) is 0 Å². The van der Waals surface area contributed by atoms with Crippen LogP contribution in [0.3, 0.4) is 0 Å². The second-order valence-corrected chi connectivity index (χ2v) is 10.9. The van der Waals surface area contributed by atoms with Gasteiger partial charge in [0.1, 0.15) is 18.1 Å². The summed E-state index contributed by atoms with van der Waals surface area (Å²) in [6, 6.07) is 8.87. The number of aromatic amines is 2. The highest BCUT2D eigenvalue weighted by atomic mass is 16.4. The van der Waals surface area contributed by atoms with Crippen molar-refractivity contribution in [1.29, 1.82) is 0 Å². The molecule has 15 nitrogen and oxygen atoms in total. The lowest BCUT2D eigenvalue weighted by molar-refractivity contribution is -0.143. The Labute approximate surface area is 262 Å². The van der Waals surface area contributed by atoms with E-state index in [1.165, 1.54) is 0 Å². The maximum absolute atomic E-state index is 13.5. The van der Waals surface area contributed by atoms with E-state index in [2.05, 4.69) is 25.9 Å². The molecule has 0 aliphatic heterocycles. The van der Waals surface area contributed by atoms with Gasteiger partial charge in [-0.15, -0.1) is 0 Å². The number of primary amides is 1. The number of hydrogen-bond donors (Lipinski definition) is 9. The fourth-order valence-electron chi connectivity index (χ4n) is 5.11. The number of aromatic nitrogens is 2. The SMILES string of the molecule is NC(=O)CCC(NC(=O)C(Cc1c[nH]c2ccccc12)NC(=O)C(CC(=O)O)NC(=O)C(N)Cc1c[nH]c2ccccc12)C(=O)O. The van der Waals surface area contributed by atoms with Crippen molar-refractivity contribution in [1.82, 2.24) is 25.9 Å². The average Bonchev–Trinajstić information content (AvgIpc) is 3.61. The summed E-state index contributed by atoms with van der Waals surface area (Å²) >= 11 is 0. The third-order valence-corrected chi connectivity index (χ3v) is 7.49. The number of carboxylic acid groups (broad SMARTS) is 2. The second-order valence-electron chi connectivity index (χ2n) is 10.9. The summed E-state index contributed by atoms with van der Waals surface area (Å²) in [4.78, 5) is 80.8. The van der Waals surface area contributed by atoms with Crippen LogP contribution in [0.25, 0.3) is 21.8 Å². The molecular weight excluding hydrogens is 598 g/mol. The van der Waals surface area contributed by atoms with Gasteiger partial charge in [0, 0.05) is 47.0 Å². The first-order valence-electron chi connectivity index (χ1n) is 14.4. The molecule has 11 N–H and O–H groups in total. The first-order chi connectivity index (χ1) is 21.9. The third-order valence-electron chi connectivity index (χ3n) is 7.49. The quantitative estimate of drug-likeness (QED) is 0.0805. The summed E-state index contributed by atoms with van der Waals surface area (Å²) in [6.07, 6.45) is 1.86. The van der Waals surface area contributed by atoms with E-state index in [0.717, 1.165) is 27.4 Å². The Morgan fingerprint density at radius 2 is 1.20 bits per heavy atom. The normalized spacial score (nSPS) is 13.8. The summed E-state index contributed by atoms with van der Waals surface area (Å²) < 4.78 is 0. The average molecular weight is 634 g/mol. The number of H-pyrrole nitrogens is 2. The minimum Gasteiger partial charge on any atom is -0.481 e. The zero-order valence-electron chi connectivity index (χ0n) is 24.6. The Kier molecular flexibility index (Phi) is 10.7. The maximum atomic E-state index is 13.5. The minimum atomic E-state index is -1.62. The van der Waals surface area contributed by atoms with E-state index in [9.17, 15) is 39.0 Å². The third kappa shape index (κ3) is 8.47. The van der Waals surface area contributed by atoms with Gasteiger partial charge >= 0.3 is 11.9 Å². The molecule has 0 bridgehead atoms. The van der Waals surface area contributed by atoms with Crippen molar-refractivity contribution in [3.63, 3.8) is 0 Å². The van der Waals surface area contributed by atoms with Gasteiger partial charge in [-0.25, -0.2) is 4.79 Å². The molecule has 0 aliphatic carbocycles. The van der Waals surface area contributed by atoms with Crippen molar-refractivity contribution in [3.8, 4) is 0 Å². The van der Waals surface area contributed by atoms with Crippen molar-refractivity contribution in [2.24, 2.45) is 11.5 Å². The number of carbonyl (C=O) groups excluding carboxylic acids is 4. The minimum absolute atomic E-state index is 0.0880. The van der Waals surface area contributed by atoms with Crippen molar-refractivity contribution < 1.29 is 39.0 Å². The molecule has 4 rings (SSSR count). The van der Waals surface area contributed by atoms with E-state index < -0.39 is 66.2 Å². The second kappa shape index (κ2) is 14.9. The van der Waals surface area contributed by atoms with E-state index in [1.807, 2.05) is 24.3 Å². The Morgan fingerprint density at radius 3 is 1.74 bits per heavy atom. The molecule has 2 aromatic heterocycles. The fraction of sp³-hybridized carbons (Fsp3) is 0.290. The van der Waals surface area contributed by atoms with Gasteiger partial charge < -0.3 is 47.6 Å². The van der Waals surface area contributed by atoms with Gasteiger partial charge in [-0.1, -0.05) is 36.4 Å². The van der Waals surface area contributed by atoms with E-state index in [1.54, 1.807) is 36.7 Å². The maximum Gasteiger partial charge on any atom is 0.326 e. The number of carboxylic acids is 2. The van der Waals surface area contributed by atoms with Crippen LogP contribution in [0.15, 0.2) is 60.9 Å². The topological polar surface area (TPSA) is 263 Å². The van der Waals surface area contributed by atoms with Gasteiger partial charge in [0.25, 0.3) is 0 Å². The highest BCUT2D eigenvalue weighted by Gasteiger charge is 2.32. The fourth-order valence-corrected chi connectivity index (χ4v) is 5.11. The van der Waals surface area contributed by atoms with Gasteiger partial charge in [-0.2, -0.15) is 0 Å². The molecule has 4 unspecified atom stereocenters. The zero-order chi connectivity index (χ0) is 33.4. The van der Waals surface area contributed by atoms with E-state index in [0.29, 0.717) is 5.56 Å². The van der Waals surface area contributed by atoms with Gasteiger partial charge in [0.15, 0.2) is 0 Å². The first-order valence-corrected chi connectivity index (χ1v) is 14.4. The largest absolute Gasteiger partial charge is 0.481 e. The molecular formula is C31H35N7O8. The number of amides is 4. The predicted molar refractivity (Wildman–Crippen MR) is 166 cm³/mol. The van der Waals surface area contributed by atoms with Gasteiger partial charge in [0.05, 0.1) is 12.5 Å². The number of carbonyl (C=O) groups is 6. The molecule has 0 fully saturated rings. The van der Waals surface area contributed by atoms with E-state index >= 15 is 0 Å². The van der Waals surface area contributed by atoms with Crippen LogP contribution in [0.2, 0.25) is 0 Å². The molecule has 46 heavy (non-hydrogen) atoms. The summed E-state index contributed by atoms with van der Waals surface area (Å²) in [5, 5.41) is 27.9. The predicted octanol–water partition coefficient (Wildman–Crippen LogP) is 0.0409. The monoisotopic (exact) mass is 633 g/mol. The lowest BCUT2D eigenvalue weighted by Crippen LogP contribution is -2.58. The molecule has 0 saturated carbocycles. The van der Waals surface area contributed by atoms with Crippen molar-refractivity contribution in [2.75, 3.05) is 0 Å². The Hall–Kier alpha value is -5.70. The lowest BCUT2D eigenvalue weighted by Gasteiger charge is -2.24. The van der Waals surface area contributed by atoms with Crippen LogP contribution in [0.5, 0.6) is 0 Å². The van der Waals surface area contributed by atoms with Crippen LogP contribution in [-0.2, 0) is 41.6 Å². The smallest absolute Gasteiger partial charge is 0.326 e. The van der Waals surface area contributed by atoms with Crippen LogP contribution >= 0.6 is 0 Å². The highest BCUT2D eigenvalue weighted by Crippen LogP contribution is 2.20. The molecule has 242 valence electrons. The molecule has 4 atom stereocenters.